The highest BCUT2D eigenvalue weighted by Crippen LogP contribution is 2.27. The number of rotatable bonds is 7. The van der Waals surface area contributed by atoms with E-state index in [9.17, 15) is 10.1 Å². The molecular formula is C24H29N7O3. The summed E-state index contributed by atoms with van der Waals surface area (Å²) >= 11 is 0. The predicted molar refractivity (Wildman–Crippen MR) is 129 cm³/mol. The number of anilines is 2. The van der Waals surface area contributed by atoms with Crippen LogP contribution < -0.4 is 15.5 Å². The standard InChI is InChI=1S/C24H29N7O3/c32-31(33)19-13-25-23(26-14-19)30-12-6-9-18(16-30)28-20-10-4-5-11-21(20)29-24-27-15-22(34-24)17-7-2-1-3-8-17/h1-3,7-8,13-15,18,20-21,28H,4-6,9-12,16H2,(H,27,29)/t18-,20?,21?/m0/s1. The molecule has 1 saturated carbocycles. The summed E-state index contributed by atoms with van der Waals surface area (Å²) in [6.45, 7) is 1.62. The molecule has 2 aliphatic rings. The number of oxazole rings is 1. The molecule has 1 aliphatic heterocycles. The second-order valence-electron chi connectivity index (χ2n) is 8.99. The molecule has 1 saturated heterocycles. The first-order chi connectivity index (χ1) is 16.7. The molecule has 2 aromatic heterocycles. The average molecular weight is 464 g/mol. The normalized spacial score (nSPS) is 22.9. The van der Waals surface area contributed by atoms with Gasteiger partial charge in [-0.05, 0) is 25.7 Å². The maximum atomic E-state index is 10.9. The number of nitrogens with zero attached hydrogens (tertiary/aromatic N) is 5. The van der Waals surface area contributed by atoms with E-state index in [1.807, 2.05) is 30.3 Å². The SMILES string of the molecule is O=[N+]([O-])c1cnc(N2CCC[C@H](NC3CCCCC3Nc3ncc(-c4ccccc4)o3)C2)nc1. The summed E-state index contributed by atoms with van der Waals surface area (Å²) in [5, 5.41) is 18.3. The Morgan fingerprint density at radius 3 is 2.50 bits per heavy atom. The number of benzene rings is 1. The van der Waals surface area contributed by atoms with Crippen molar-refractivity contribution in [3.8, 4) is 11.3 Å². The third-order valence-electron chi connectivity index (χ3n) is 6.63. The van der Waals surface area contributed by atoms with Crippen LogP contribution >= 0.6 is 0 Å². The zero-order valence-corrected chi connectivity index (χ0v) is 19.0. The molecule has 0 bridgehead atoms. The maximum Gasteiger partial charge on any atom is 0.305 e. The van der Waals surface area contributed by atoms with E-state index in [0.717, 1.165) is 50.1 Å². The van der Waals surface area contributed by atoms with Crippen LogP contribution in [0.15, 0.2) is 53.3 Å². The molecule has 1 aliphatic carbocycles. The zero-order chi connectivity index (χ0) is 23.3. The fourth-order valence-corrected chi connectivity index (χ4v) is 4.91. The van der Waals surface area contributed by atoms with E-state index in [2.05, 4.69) is 30.5 Å². The van der Waals surface area contributed by atoms with Crippen LogP contribution in [0, 0.1) is 10.1 Å². The fraction of sp³-hybridized carbons (Fsp3) is 0.458. The van der Waals surface area contributed by atoms with Gasteiger partial charge in [0, 0.05) is 36.8 Å². The summed E-state index contributed by atoms with van der Waals surface area (Å²) in [6, 6.07) is 11.4. The zero-order valence-electron chi connectivity index (χ0n) is 19.0. The summed E-state index contributed by atoms with van der Waals surface area (Å²) in [6.07, 6.45) is 10.9. The monoisotopic (exact) mass is 463 g/mol. The van der Waals surface area contributed by atoms with E-state index in [1.54, 1.807) is 6.20 Å². The number of aromatic nitrogens is 3. The minimum Gasteiger partial charge on any atom is -0.424 e. The van der Waals surface area contributed by atoms with Crippen LogP contribution in [-0.2, 0) is 0 Å². The van der Waals surface area contributed by atoms with Crippen LogP contribution in [0.2, 0.25) is 0 Å². The largest absolute Gasteiger partial charge is 0.424 e. The second-order valence-corrected chi connectivity index (χ2v) is 8.99. The number of hydrogen-bond donors (Lipinski definition) is 2. The van der Waals surface area contributed by atoms with Crippen LogP contribution in [-0.4, -0.2) is 51.1 Å². The van der Waals surface area contributed by atoms with E-state index < -0.39 is 4.92 Å². The average Bonchev–Trinajstić information content (AvgIpc) is 3.35. The Bertz CT molecular complexity index is 1090. The Balaban J connectivity index is 1.21. The number of piperidine rings is 1. The molecule has 3 heterocycles. The fourth-order valence-electron chi connectivity index (χ4n) is 4.91. The van der Waals surface area contributed by atoms with Gasteiger partial charge in [-0.2, -0.15) is 0 Å². The van der Waals surface area contributed by atoms with Crippen molar-refractivity contribution in [1.29, 1.82) is 0 Å². The molecule has 10 heteroatoms. The van der Waals surface area contributed by atoms with Gasteiger partial charge >= 0.3 is 5.69 Å². The molecule has 0 spiro atoms. The van der Waals surface area contributed by atoms with Gasteiger partial charge in [-0.25, -0.2) is 15.0 Å². The van der Waals surface area contributed by atoms with Crippen molar-refractivity contribution in [2.24, 2.45) is 0 Å². The van der Waals surface area contributed by atoms with Gasteiger partial charge in [0.2, 0.25) is 5.95 Å². The van der Waals surface area contributed by atoms with Gasteiger partial charge in [-0.15, -0.1) is 0 Å². The van der Waals surface area contributed by atoms with E-state index in [0.29, 0.717) is 24.0 Å². The summed E-state index contributed by atoms with van der Waals surface area (Å²) < 4.78 is 5.99. The maximum absolute atomic E-state index is 10.9. The molecule has 2 unspecified atom stereocenters. The Labute approximate surface area is 198 Å². The predicted octanol–water partition coefficient (Wildman–Crippen LogP) is 4.02. The van der Waals surface area contributed by atoms with Crippen molar-refractivity contribution in [2.75, 3.05) is 23.3 Å². The van der Waals surface area contributed by atoms with Gasteiger partial charge in [-0.3, -0.25) is 10.1 Å². The molecule has 10 nitrogen and oxygen atoms in total. The summed E-state index contributed by atoms with van der Waals surface area (Å²) in [4.78, 5) is 25.4. The lowest BCUT2D eigenvalue weighted by Crippen LogP contribution is -2.55. The third-order valence-corrected chi connectivity index (χ3v) is 6.63. The summed E-state index contributed by atoms with van der Waals surface area (Å²) in [7, 11) is 0. The van der Waals surface area contributed by atoms with Gasteiger partial charge in [-0.1, -0.05) is 43.2 Å². The molecule has 5 rings (SSSR count). The quantitative estimate of drug-likeness (QED) is 0.395. The van der Waals surface area contributed by atoms with Crippen molar-refractivity contribution in [3.05, 3.63) is 59.0 Å². The van der Waals surface area contributed by atoms with E-state index in [4.69, 9.17) is 4.42 Å². The van der Waals surface area contributed by atoms with Gasteiger partial charge in [0.15, 0.2) is 5.76 Å². The van der Waals surface area contributed by atoms with Crippen molar-refractivity contribution in [3.63, 3.8) is 0 Å². The van der Waals surface area contributed by atoms with Crippen LogP contribution in [0.4, 0.5) is 17.7 Å². The van der Waals surface area contributed by atoms with Crippen LogP contribution in [0.1, 0.15) is 38.5 Å². The molecule has 0 amide bonds. The number of nitrogens with one attached hydrogen (secondary N) is 2. The van der Waals surface area contributed by atoms with Crippen molar-refractivity contribution < 1.29 is 9.34 Å². The first-order valence-corrected chi connectivity index (χ1v) is 11.9. The lowest BCUT2D eigenvalue weighted by Gasteiger charge is -2.39. The highest BCUT2D eigenvalue weighted by molar-refractivity contribution is 5.57. The topological polar surface area (TPSA) is 122 Å². The Hall–Kier alpha value is -3.53. The molecule has 3 atom stereocenters. The van der Waals surface area contributed by atoms with Gasteiger partial charge < -0.3 is 20.0 Å². The second kappa shape index (κ2) is 10.2. The molecule has 34 heavy (non-hydrogen) atoms. The first-order valence-electron chi connectivity index (χ1n) is 11.9. The Kier molecular flexibility index (Phi) is 6.66. The molecular weight excluding hydrogens is 434 g/mol. The number of hydrogen-bond acceptors (Lipinski definition) is 9. The van der Waals surface area contributed by atoms with Crippen molar-refractivity contribution in [1.82, 2.24) is 20.3 Å². The highest BCUT2D eigenvalue weighted by Gasteiger charge is 2.30. The minimum atomic E-state index is -0.475. The first kappa shape index (κ1) is 22.3. The number of nitro groups is 1. The Morgan fingerprint density at radius 1 is 0.971 bits per heavy atom. The van der Waals surface area contributed by atoms with Gasteiger partial charge in [0.25, 0.3) is 6.01 Å². The third kappa shape index (κ3) is 5.17. The minimum absolute atomic E-state index is 0.0893. The van der Waals surface area contributed by atoms with Crippen LogP contribution in [0.5, 0.6) is 0 Å². The van der Waals surface area contributed by atoms with E-state index in [-0.39, 0.29) is 11.7 Å². The highest BCUT2D eigenvalue weighted by atomic mass is 16.6. The van der Waals surface area contributed by atoms with E-state index >= 15 is 0 Å². The van der Waals surface area contributed by atoms with Crippen LogP contribution in [0.3, 0.4) is 0 Å². The lowest BCUT2D eigenvalue weighted by molar-refractivity contribution is -0.385. The Morgan fingerprint density at radius 2 is 1.74 bits per heavy atom. The molecule has 178 valence electrons. The van der Waals surface area contributed by atoms with Crippen molar-refractivity contribution >= 4 is 17.7 Å². The van der Waals surface area contributed by atoms with Crippen LogP contribution in [0.25, 0.3) is 11.3 Å². The summed E-state index contributed by atoms with van der Waals surface area (Å²) in [5.41, 5.74) is 0.922. The molecule has 2 N–H and O–H groups in total. The molecule has 1 aromatic carbocycles. The smallest absolute Gasteiger partial charge is 0.305 e. The van der Waals surface area contributed by atoms with Gasteiger partial charge in [0.1, 0.15) is 12.4 Å². The van der Waals surface area contributed by atoms with Crippen molar-refractivity contribution in [2.45, 2.75) is 56.7 Å². The lowest BCUT2D eigenvalue weighted by atomic mass is 9.89. The summed E-state index contributed by atoms with van der Waals surface area (Å²) in [5.74, 6) is 1.30. The molecule has 0 radical (unpaired) electrons. The molecule has 3 aromatic rings. The molecule has 2 fully saturated rings. The van der Waals surface area contributed by atoms with Gasteiger partial charge in [0.05, 0.1) is 11.1 Å². The van der Waals surface area contributed by atoms with E-state index in [1.165, 1.54) is 25.2 Å².